The number of nitrogens with zero attached hydrogens (tertiary/aromatic N) is 1. The van der Waals surface area contributed by atoms with Gasteiger partial charge in [0.25, 0.3) is 0 Å². The van der Waals surface area contributed by atoms with Gasteiger partial charge >= 0.3 is 5.97 Å². The van der Waals surface area contributed by atoms with Crippen LogP contribution in [-0.4, -0.2) is 22.7 Å². The number of rotatable bonds is 5. The zero-order chi connectivity index (χ0) is 11.5. The number of ether oxygens (including phenoxy) is 1. The molecule has 1 aromatic rings. The van der Waals surface area contributed by atoms with Crippen LogP contribution in [0.4, 0.5) is 5.69 Å². The van der Waals surface area contributed by atoms with Crippen molar-refractivity contribution in [2.45, 2.75) is 19.3 Å². The van der Waals surface area contributed by atoms with Crippen LogP contribution in [0.3, 0.4) is 0 Å². The third-order valence-electron chi connectivity index (χ3n) is 2.65. The molecule has 1 aromatic heterocycles. The largest absolute Gasteiger partial charge is 0.478 e. The smallest absolute Gasteiger partial charge is 0.338 e. The minimum absolute atomic E-state index is 0.0384. The van der Waals surface area contributed by atoms with E-state index in [2.05, 4.69) is 4.98 Å². The summed E-state index contributed by atoms with van der Waals surface area (Å²) in [5, 5.41) is 8.85. The van der Waals surface area contributed by atoms with Crippen LogP contribution in [0.2, 0.25) is 0 Å². The Bertz CT molecular complexity index is 402. The van der Waals surface area contributed by atoms with Gasteiger partial charge in [0, 0.05) is 6.20 Å². The van der Waals surface area contributed by atoms with Crippen molar-refractivity contribution in [1.82, 2.24) is 4.98 Å². The Balaban J connectivity index is 2.01. The minimum atomic E-state index is -1.06. The monoisotopic (exact) mass is 222 g/mol. The summed E-state index contributed by atoms with van der Waals surface area (Å²) in [6, 6.07) is 1.37. The van der Waals surface area contributed by atoms with E-state index in [4.69, 9.17) is 15.6 Å². The van der Waals surface area contributed by atoms with Crippen LogP contribution in [0.25, 0.3) is 0 Å². The number of carboxylic acids is 1. The second-order valence-electron chi connectivity index (χ2n) is 3.96. The molecule has 0 bridgehead atoms. The van der Waals surface area contributed by atoms with Crippen LogP contribution in [0.15, 0.2) is 12.3 Å². The van der Waals surface area contributed by atoms with E-state index in [-0.39, 0.29) is 17.1 Å². The molecule has 0 amide bonds. The van der Waals surface area contributed by atoms with Crippen molar-refractivity contribution < 1.29 is 14.6 Å². The van der Waals surface area contributed by atoms with Crippen molar-refractivity contribution in [2.75, 3.05) is 12.3 Å². The summed E-state index contributed by atoms with van der Waals surface area (Å²) >= 11 is 0. The fourth-order valence-corrected chi connectivity index (χ4v) is 1.48. The molecule has 1 aliphatic rings. The molecule has 1 saturated carbocycles. The van der Waals surface area contributed by atoms with Crippen molar-refractivity contribution in [2.24, 2.45) is 5.92 Å². The lowest BCUT2D eigenvalue weighted by atomic mass is 10.2. The van der Waals surface area contributed by atoms with E-state index >= 15 is 0 Å². The molecule has 0 aliphatic heterocycles. The molecule has 0 aromatic carbocycles. The van der Waals surface area contributed by atoms with Gasteiger partial charge in [0.05, 0.1) is 12.2 Å². The van der Waals surface area contributed by atoms with Gasteiger partial charge in [0.1, 0.15) is 5.69 Å². The first-order valence-corrected chi connectivity index (χ1v) is 5.29. The molecule has 2 rings (SSSR count). The second-order valence-corrected chi connectivity index (χ2v) is 3.96. The standard InChI is InChI=1S/C11H14N2O3/c12-9-8(11(14)15)3-5-13-10(9)16-6-4-7-1-2-7/h3,5,7H,1-2,4,6,12H2,(H,14,15). The number of anilines is 1. The van der Waals surface area contributed by atoms with E-state index in [9.17, 15) is 4.79 Å². The number of aromatic carboxylic acids is 1. The topological polar surface area (TPSA) is 85.4 Å². The number of hydrogen-bond donors (Lipinski definition) is 2. The van der Waals surface area contributed by atoms with Gasteiger partial charge in [-0.15, -0.1) is 0 Å². The molecule has 1 fully saturated rings. The van der Waals surface area contributed by atoms with Gasteiger partial charge in [0.15, 0.2) is 0 Å². The highest BCUT2D eigenvalue weighted by Crippen LogP contribution is 2.32. The molecule has 5 nitrogen and oxygen atoms in total. The van der Waals surface area contributed by atoms with Gasteiger partial charge in [-0.3, -0.25) is 0 Å². The number of aromatic nitrogens is 1. The number of carbonyl (C=O) groups is 1. The summed E-state index contributed by atoms with van der Waals surface area (Å²) in [5.41, 5.74) is 5.79. The van der Waals surface area contributed by atoms with E-state index in [0.717, 1.165) is 12.3 Å². The average molecular weight is 222 g/mol. The Labute approximate surface area is 93.2 Å². The Morgan fingerprint density at radius 2 is 2.38 bits per heavy atom. The van der Waals surface area contributed by atoms with Crippen LogP contribution >= 0.6 is 0 Å². The molecule has 16 heavy (non-hydrogen) atoms. The maximum absolute atomic E-state index is 10.8. The maximum atomic E-state index is 10.8. The van der Waals surface area contributed by atoms with E-state index in [1.54, 1.807) is 0 Å². The summed E-state index contributed by atoms with van der Waals surface area (Å²) in [5.74, 6) is -0.0728. The Kier molecular flexibility index (Phi) is 2.94. The summed E-state index contributed by atoms with van der Waals surface area (Å²) < 4.78 is 5.38. The van der Waals surface area contributed by atoms with Crippen LogP contribution in [0, 0.1) is 5.92 Å². The molecule has 5 heteroatoms. The van der Waals surface area contributed by atoms with Crippen LogP contribution in [0.1, 0.15) is 29.6 Å². The Hall–Kier alpha value is -1.78. The number of pyridine rings is 1. The van der Waals surface area contributed by atoms with Gasteiger partial charge in [-0.25, -0.2) is 9.78 Å². The van der Waals surface area contributed by atoms with Gasteiger partial charge in [-0.2, -0.15) is 0 Å². The predicted octanol–water partition coefficient (Wildman–Crippen LogP) is 1.54. The molecular weight excluding hydrogens is 208 g/mol. The van der Waals surface area contributed by atoms with E-state index in [1.165, 1.54) is 25.1 Å². The van der Waals surface area contributed by atoms with Gasteiger partial charge < -0.3 is 15.6 Å². The van der Waals surface area contributed by atoms with Crippen molar-refractivity contribution in [3.05, 3.63) is 17.8 Å². The van der Waals surface area contributed by atoms with Crippen LogP contribution in [-0.2, 0) is 0 Å². The fourth-order valence-electron chi connectivity index (χ4n) is 1.48. The molecule has 0 unspecified atom stereocenters. The molecule has 3 N–H and O–H groups in total. The van der Waals surface area contributed by atoms with Crippen molar-refractivity contribution in [1.29, 1.82) is 0 Å². The molecule has 0 saturated heterocycles. The summed E-state index contributed by atoms with van der Waals surface area (Å²) in [4.78, 5) is 14.7. The molecule has 0 spiro atoms. The van der Waals surface area contributed by atoms with Crippen LogP contribution < -0.4 is 10.5 Å². The van der Waals surface area contributed by atoms with E-state index < -0.39 is 5.97 Å². The summed E-state index contributed by atoms with van der Waals surface area (Å²) in [6.07, 6.45) is 4.91. The first kappa shape index (κ1) is 10.7. The third-order valence-corrected chi connectivity index (χ3v) is 2.65. The average Bonchev–Trinajstić information content (AvgIpc) is 3.04. The first-order valence-electron chi connectivity index (χ1n) is 5.29. The Morgan fingerprint density at radius 3 is 3.00 bits per heavy atom. The molecular formula is C11H14N2O3. The number of hydrogen-bond acceptors (Lipinski definition) is 4. The van der Waals surface area contributed by atoms with E-state index in [1.807, 2.05) is 0 Å². The lowest BCUT2D eigenvalue weighted by molar-refractivity contribution is 0.0697. The first-order chi connectivity index (χ1) is 7.68. The summed E-state index contributed by atoms with van der Waals surface area (Å²) in [6.45, 7) is 0.547. The highest BCUT2D eigenvalue weighted by atomic mass is 16.5. The van der Waals surface area contributed by atoms with E-state index in [0.29, 0.717) is 6.61 Å². The lowest BCUT2D eigenvalue weighted by Crippen LogP contribution is -2.08. The van der Waals surface area contributed by atoms with Gasteiger partial charge in [-0.05, 0) is 18.4 Å². The number of nitrogen functional groups attached to an aromatic ring is 1. The predicted molar refractivity (Wildman–Crippen MR) is 58.4 cm³/mol. The SMILES string of the molecule is Nc1c(C(=O)O)ccnc1OCCC1CC1. The maximum Gasteiger partial charge on any atom is 0.338 e. The van der Waals surface area contributed by atoms with Gasteiger partial charge in [0.2, 0.25) is 5.88 Å². The van der Waals surface area contributed by atoms with Crippen molar-refractivity contribution in [3.8, 4) is 5.88 Å². The van der Waals surface area contributed by atoms with Crippen LogP contribution in [0.5, 0.6) is 5.88 Å². The zero-order valence-electron chi connectivity index (χ0n) is 8.85. The van der Waals surface area contributed by atoms with Crippen molar-refractivity contribution in [3.63, 3.8) is 0 Å². The molecule has 0 atom stereocenters. The second kappa shape index (κ2) is 4.38. The summed E-state index contributed by atoms with van der Waals surface area (Å²) in [7, 11) is 0. The van der Waals surface area contributed by atoms with Gasteiger partial charge in [-0.1, -0.05) is 12.8 Å². The lowest BCUT2D eigenvalue weighted by Gasteiger charge is -2.08. The fraction of sp³-hybridized carbons (Fsp3) is 0.455. The number of carboxylic acid groups (broad SMARTS) is 1. The molecule has 1 heterocycles. The minimum Gasteiger partial charge on any atom is -0.478 e. The zero-order valence-corrected chi connectivity index (χ0v) is 8.85. The molecule has 0 radical (unpaired) electrons. The quantitative estimate of drug-likeness (QED) is 0.789. The third kappa shape index (κ3) is 2.42. The van der Waals surface area contributed by atoms with Crippen molar-refractivity contribution >= 4 is 11.7 Å². The molecule has 86 valence electrons. The highest BCUT2D eigenvalue weighted by molar-refractivity contribution is 5.94. The highest BCUT2D eigenvalue weighted by Gasteiger charge is 2.21. The molecule has 1 aliphatic carbocycles. The number of nitrogens with two attached hydrogens (primary N) is 1. The normalized spacial score (nSPS) is 14.8. The Morgan fingerprint density at radius 1 is 1.62 bits per heavy atom.